The van der Waals surface area contributed by atoms with Crippen LogP contribution < -0.4 is 0 Å². The van der Waals surface area contributed by atoms with Crippen LogP contribution >= 0.6 is 0 Å². The van der Waals surface area contributed by atoms with Gasteiger partial charge in [0.25, 0.3) is 0 Å². The molecule has 0 aromatic carbocycles. The Morgan fingerprint density at radius 2 is 2.17 bits per heavy atom. The van der Waals surface area contributed by atoms with Gasteiger partial charge in [0.15, 0.2) is 0 Å². The Morgan fingerprint density at radius 1 is 1.46 bits per heavy atom. The number of terminal acetylenes is 1. The third kappa shape index (κ3) is 4.08. The van der Waals surface area contributed by atoms with E-state index in [0.717, 1.165) is 5.57 Å². The Balaban J connectivity index is 1.92. The lowest BCUT2D eigenvalue weighted by Crippen LogP contribution is -2.10. The highest BCUT2D eigenvalue weighted by Gasteiger charge is 2.61. The topological polar surface area (TPSA) is 61.0 Å². The van der Waals surface area contributed by atoms with Gasteiger partial charge in [0, 0.05) is 0 Å². The molecule has 2 atom stereocenters. The molecule has 0 amide bonds. The predicted octanol–water partition coefficient (Wildman–Crippen LogP) is 3.35. The molecule has 0 spiro atoms. The van der Waals surface area contributed by atoms with Gasteiger partial charge in [-0.15, -0.1) is 6.42 Å². The van der Waals surface area contributed by atoms with Gasteiger partial charge in [-0.3, -0.25) is 4.79 Å². The molecule has 1 saturated carbocycles. The summed E-state index contributed by atoms with van der Waals surface area (Å²) < 4.78 is 10.9. The van der Waals surface area contributed by atoms with Gasteiger partial charge in [0.2, 0.25) is 0 Å². The van der Waals surface area contributed by atoms with Crippen LogP contribution in [-0.2, 0) is 27.4 Å². The van der Waals surface area contributed by atoms with E-state index in [-0.39, 0.29) is 29.8 Å². The molecule has 0 bridgehead atoms. The summed E-state index contributed by atoms with van der Waals surface area (Å²) in [5, 5.41) is 3.73. The summed E-state index contributed by atoms with van der Waals surface area (Å²) in [4.78, 5) is 17.0. The third-order valence-electron chi connectivity index (χ3n) is 4.32. The maximum absolute atomic E-state index is 12.3. The molecular formula is C19H23NO4. The van der Waals surface area contributed by atoms with Crippen molar-refractivity contribution in [2.24, 2.45) is 22.4 Å². The van der Waals surface area contributed by atoms with Gasteiger partial charge in [-0.25, -0.2) is 0 Å². The highest BCUT2D eigenvalue weighted by Crippen LogP contribution is 2.59. The van der Waals surface area contributed by atoms with E-state index in [9.17, 15) is 4.79 Å². The molecule has 1 aromatic heterocycles. The van der Waals surface area contributed by atoms with Crippen molar-refractivity contribution in [1.29, 1.82) is 0 Å². The first kappa shape index (κ1) is 17.9. The highest BCUT2D eigenvalue weighted by atomic mass is 16.6. The van der Waals surface area contributed by atoms with Gasteiger partial charge >= 0.3 is 5.97 Å². The number of allylic oxidation sites excluding steroid dienone is 2. The summed E-state index contributed by atoms with van der Waals surface area (Å²) in [5.74, 6) is 3.56. The molecule has 0 saturated heterocycles. The molecule has 1 heterocycles. The van der Waals surface area contributed by atoms with Crippen LogP contribution in [-0.4, -0.2) is 19.3 Å². The molecule has 2 unspecified atom stereocenters. The molecule has 128 valence electrons. The number of furan rings is 1. The second-order valence-corrected chi connectivity index (χ2v) is 6.51. The van der Waals surface area contributed by atoms with Crippen LogP contribution in [0.25, 0.3) is 0 Å². The largest absolute Gasteiger partial charge is 0.461 e. The summed E-state index contributed by atoms with van der Waals surface area (Å²) in [6, 6.07) is 3.58. The Kier molecular flexibility index (Phi) is 5.50. The maximum Gasteiger partial charge on any atom is 0.310 e. The predicted molar refractivity (Wildman–Crippen MR) is 91.1 cm³/mol. The van der Waals surface area contributed by atoms with E-state index in [4.69, 9.17) is 15.6 Å². The minimum Gasteiger partial charge on any atom is -0.461 e. The number of oxime groups is 1. The molecule has 0 N–H and O–H groups in total. The van der Waals surface area contributed by atoms with Gasteiger partial charge in [0.1, 0.15) is 25.2 Å². The molecule has 1 aliphatic rings. The van der Waals surface area contributed by atoms with Gasteiger partial charge in [-0.2, -0.15) is 0 Å². The number of carbonyl (C=O) groups is 1. The van der Waals surface area contributed by atoms with E-state index in [1.165, 1.54) is 7.11 Å². The normalized spacial score (nSPS) is 22.2. The molecule has 2 rings (SSSR count). The van der Waals surface area contributed by atoms with Crippen molar-refractivity contribution in [2.75, 3.05) is 7.11 Å². The van der Waals surface area contributed by atoms with E-state index in [0.29, 0.717) is 17.9 Å². The van der Waals surface area contributed by atoms with Crippen LogP contribution in [0, 0.1) is 29.6 Å². The minimum atomic E-state index is -0.215. The smallest absolute Gasteiger partial charge is 0.310 e. The first-order valence-electron chi connectivity index (χ1n) is 7.82. The number of nitrogens with zero attached hydrogens (tertiary/aromatic N) is 1. The van der Waals surface area contributed by atoms with E-state index >= 15 is 0 Å². The molecule has 1 aromatic rings. The average molecular weight is 329 g/mol. The molecule has 0 radical (unpaired) electrons. The van der Waals surface area contributed by atoms with Crippen molar-refractivity contribution in [2.45, 2.75) is 33.8 Å². The van der Waals surface area contributed by atoms with Crippen molar-refractivity contribution in [3.05, 3.63) is 35.3 Å². The van der Waals surface area contributed by atoms with Crippen LogP contribution in [0.15, 0.2) is 33.4 Å². The number of rotatable bonds is 7. The van der Waals surface area contributed by atoms with Crippen molar-refractivity contribution >= 4 is 12.2 Å². The van der Waals surface area contributed by atoms with E-state index < -0.39 is 0 Å². The van der Waals surface area contributed by atoms with Crippen LogP contribution in [0.3, 0.4) is 0 Å². The molecule has 5 heteroatoms. The fourth-order valence-corrected chi connectivity index (χ4v) is 2.83. The molecule has 24 heavy (non-hydrogen) atoms. The summed E-state index contributed by atoms with van der Waals surface area (Å²) in [6.45, 7) is 6.16. The molecule has 5 nitrogen and oxygen atoms in total. The Labute approximate surface area is 142 Å². The molecule has 0 aliphatic heterocycles. The quantitative estimate of drug-likeness (QED) is 0.333. The zero-order valence-electron chi connectivity index (χ0n) is 14.5. The molecule has 1 aliphatic carbocycles. The highest BCUT2D eigenvalue weighted by molar-refractivity contribution is 5.81. The van der Waals surface area contributed by atoms with Crippen molar-refractivity contribution in [3.63, 3.8) is 0 Å². The van der Waals surface area contributed by atoms with Gasteiger partial charge < -0.3 is 14.0 Å². The second kappa shape index (κ2) is 7.39. The van der Waals surface area contributed by atoms with Gasteiger partial charge in [0.05, 0.1) is 18.6 Å². The van der Waals surface area contributed by atoms with Crippen molar-refractivity contribution in [3.8, 4) is 12.3 Å². The molecule has 1 fully saturated rings. The minimum absolute atomic E-state index is 0.122. The fraction of sp³-hybridized carbons (Fsp3) is 0.474. The van der Waals surface area contributed by atoms with Gasteiger partial charge in [-0.1, -0.05) is 31.0 Å². The third-order valence-corrected chi connectivity index (χ3v) is 4.32. The van der Waals surface area contributed by atoms with Crippen LogP contribution in [0.1, 0.15) is 32.3 Å². The second-order valence-electron chi connectivity index (χ2n) is 6.51. The summed E-state index contributed by atoms with van der Waals surface area (Å²) in [7, 11) is 1.49. The average Bonchev–Trinajstić information content (AvgIpc) is 2.86. The lowest BCUT2D eigenvalue weighted by Gasteiger charge is -2.03. The monoisotopic (exact) mass is 329 g/mol. The summed E-state index contributed by atoms with van der Waals surface area (Å²) in [6.07, 6.45) is 9.33. The number of esters is 1. The van der Waals surface area contributed by atoms with Crippen LogP contribution in [0.5, 0.6) is 0 Å². The Hall–Kier alpha value is -2.48. The lowest BCUT2D eigenvalue weighted by atomic mass is 10.1. The zero-order valence-corrected chi connectivity index (χ0v) is 14.5. The van der Waals surface area contributed by atoms with Crippen LogP contribution in [0.2, 0.25) is 0 Å². The Morgan fingerprint density at radius 3 is 2.83 bits per heavy atom. The SMILES string of the molecule is C#CCc1ccc(COC(=O)C2C(/C=C(C)/C=N/OC)C2(C)C)o1. The molecular weight excluding hydrogens is 306 g/mol. The summed E-state index contributed by atoms with van der Waals surface area (Å²) in [5.41, 5.74) is 0.826. The number of hydrogen-bond donors (Lipinski definition) is 0. The first-order valence-corrected chi connectivity index (χ1v) is 7.82. The standard InChI is InChI=1S/C19H23NO4/c1-6-7-14-8-9-15(24-14)12-23-18(21)17-16(19(17,3)4)10-13(2)11-20-22-5/h1,8-11,16-17H,7,12H2,2-5H3/b13-10+,20-11+. The van der Waals surface area contributed by atoms with Crippen molar-refractivity contribution < 1.29 is 18.8 Å². The van der Waals surface area contributed by atoms with E-state index in [2.05, 4.69) is 29.8 Å². The lowest BCUT2D eigenvalue weighted by molar-refractivity contribution is -0.148. The maximum atomic E-state index is 12.3. The van der Waals surface area contributed by atoms with Crippen LogP contribution in [0.4, 0.5) is 0 Å². The number of hydrogen-bond acceptors (Lipinski definition) is 5. The first-order chi connectivity index (χ1) is 11.4. The van der Waals surface area contributed by atoms with E-state index in [1.54, 1.807) is 18.3 Å². The number of carbonyl (C=O) groups excluding carboxylic acids is 1. The Bertz CT molecular complexity index is 690. The zero-order chi connectivity index (χ0) is 17.7. The van der Waals surface area contributed by atoms with Gasteiger partial charge in [-0.05, 0) is 36.0 Å². The number of ether oxygens (including phenoxy) is 1. The summed E-state index contributed by atoms with van der Waals surface area (Å²) >= 11 is 0. The fourth-order valence-electron chi connectivity index (χ4n) is 2.83. The van der Waals surface area contributed by atoms with Crippen molar-refractivity contribution in [1.82, 2.24) is 0 Å². The van der Waals surface area contributed by atoms with E-state index in [1.807, 2.05) is 13.0 Å².